The first kappa shape index (κ1) is 20.2. The summed E-state index contributed by atoms with van der Waals surface area (Å²) in [6.07, 6.45) is 1.33. The second kappa shape index (κ2) is 9.61. The number of rotatable bonds is 7. The Labute approximate surface area is 175 Å². The van der Waals surface area contributed by atoms with Crippen LogP contribution in [0.15, 0.2) is 82.4 Å². The van der Waals surface area contributed by atoms with Gasteiger partial charge in [-0.2, -0.15) is 5.10 Å². The van der Waals surface area contributed by atoms with E-state index in [0.29, 0.717) is 15.8 Å². The zero-order chi connectivity index (χ0) is 20.6. The summed E-state index contributed by atoms with van der Waals surface area (Å²) in [4.78, 5) is 22.3. The molecular formula is C21H16BrN3O4. The third kappa shape index (κ3) is 5.73. The van der Waals surface area contributed by atoms with Crippen molar-refractivity contribution in [3.05, 3.63) is 92.9 Å². The van der Waals surface area contributed by atoms with Crippen LogP contribution < -0.4 is 10.2 Å². The van der Waals surface area contributed by atoms with Crippen molar-refractivity contribution in [1.82, 2.24) is 5.43 Å². The quantitative estimate of drug-likeness (QED) is 0.322. The lowest BCUT2D eigenvalue weighted by Gasteiger charge is -2.06. The number of nitrogens with one attached hydrogen (secondary N) is 1. The number of hydrazone groups is 1. The van der Waals surface area contributed by atoms with E-state index < -0.39 is 10.8 Å². The highest BCUT2D eigenvalue weighted by atomic mass is 79.9. The summed E-state index contributed by atoms with van der Waals surface area (Å²) >= 11 is 3.11. The van der Waals surface area contributed by atoms with Crippen molar-refractivity contribution in [2.24, 2.45) is 5.10 Å². The number of benzene rings is 3. The highest BCUT2D eigenvalue weighted by Crippen LogP contribution is 2.25. The first-order chi connectivity index (χ1) is 14.0. The molecule has 146 valence electrons. The van der Waals surface area contributed by atoms with Gasteiger partial charge < -0.3 is 4.74 Å². The Kier molecular flexibility index (Phi) is 6.70. The number of nitro groups is 1. The average molecular weight is 454 g/mol. The molecule has 0 heterocycles. The molecule has 29 heavy (non-hydrogen) atoms. The number of hydrogen-bond donors (Lipinski definition) is 1. The largest absolute Gasteiger partial charge is 0.484 e. The number of hydrogen-bond acceptors (Lipinski definition) is 5. The predicted molar refractivity (Wildman–Crippen MR) is 114 cm³/mol. The molecule has 0 spiro atoms. The number of nitro benzene ring substituents is 1. The number of carbonyl (C=O) groups is 1. The van der Waals surface area contributed by atoms with Gasteiger partial charge in [-0.1, -0.05) is 48.5 Å². The van der Waals surface area contributed by atoms with E-state index in [1.807, 2.05) is 42.5 Å². The van der Waals surface area contributed by atoms with E-state index in [2.05, 4.69) is 26.5 Å². The van der Waals surface area contributed by atoms with Crippen LogP contribution in [-0.2, 0) is 4.79 Å². The van der Waals surface area contributed by atoms with Crippen molar-refractivity contribution < 1.29 is 14.5 Å². The molecule has 3 aromatic rings. The molecule has 3 aromatic carbocycles. The van der Waals surface area contributed by atoms with Crippen LogP contribution >= 0.6 is 15.9 Å². The maximum Gasteiger partial charge on any atom is 0.284 e. The topological polar surface area (TPSA) is 93.8 Å². The van der Waals surface area contributed by atoms with E-state index in [4.69, 9.17) is 4.74 Å². The Bertz CT molecular complexity index is 1040. The molecule has 0 atom stereocenters. The van der Waals surface area contributed by atoms with Crippen LogP contribution in [-0.4, -0.2) is 23.7 Å². The van der Waals surface area contributed by atoms with Crippen molar-refractivity contribution in [2.45, 2.75) is 0 Å². The van der Waals surface area contributed by atoms with Gasteiger partial charge in [0, 0.05) is 11.6 Å². The summed E-state index contributed by atoms with van der Waals surface area (Å²) < 4.78 is 5.82. The third-order valence-electron chi connectivity index (χ3n) is 3.90. The summed E-state index contributed by atoms with van der Waals surface area (Å²) in [5.74, 6) is 0.118. The zero-order valence-electron chi connectivity index (χ0n) is 15.1. The average Bonchev–Trinajstić information content (AvgIpc) is 2.74. The number of nitrogens with zero attached hydrogens (tertiary/aromatic N) is 2. The van der Waals surface area contributed by atoms with E-state index in [-0.39, 0.29) is 12.3 Å². The summed E-state index contributed by atoms with van der Waals surface area (Å²) in [6, 6.07) is 21.9. The van der Waals surface area contributed by atoms with Crippen LogP contribution in [0, 0.1) is 10.1 Å². The Balaban J connectivity index is 1.51. The molecule has 0 fully saturated rings. The summed E-state index contributed by atoms with van der Waals surface area (Å²) in [5.41, 5.74) is 4.88. The fraction of sp³-hybridized carbons (Fsp3) is 0.0476. The highest BCUT2D eigenvalue weighted by Gasteiger charge is 2.11. The lowest BCUT2D eigenvalue weighted by atomic mass is 10.1. The smallest absolute Gasteiger partial charge is 0.284 e. The Morgan fingerprint density at radius 1 is 1.07 bits per heavy atom. The first-order valence-corrected chi connectivity index (χ1v) is 9.36. The van der Waals surface area contributed by atoms with Crippen LogP contribution in [0.5, 0.6) is 5.75 Å². The fourth-order valence-electron chi connectivity index (χ4n) is 2.48. The predicted octanol–water partition coefficient (Wildman–Crippen LogP) is 4.55. The Morgan fingerprint density at radius 2 is 1.76 bits per heavy atom. The number of carbonyl (C=O) groups excluding carboxylic acids is 1. The molecule has 0 aliphatic rings. The van der Waals surface area contributed by atoms with Gasteiger partial charge in [0.05, 0.1) is 15.6 Å². The third-order valence-corrected chi connectivity index (χ3v) is 4.57. The van der Waals surface area contributed by atoms with Crippen molar-refractivity contribution in [1.29, 1.82) is 0 Å². The van der Waals surface area contributed by atoms with E-state index in [9.17, 15) is 14.9 Å². The normalized spacial score (nSPS) is 10.7. The molecule has 7 nitrogen and oxygen atoms in total. The number of ether oxygens (including phenoxy) is 1. The summed E-state index contributed by atoms with van der Waals surface area (Å²) in [6.45, 7) is -0.206. The zero-order valence-corrected chi connectivity index (χ0v) is 16.7. The minimum Gasteiger partial charge on any atom is -0.484 e. The second-order valence-corrected chi connectivity index (χ2v) is 6.79. The van der Waals surface area contributed by atoms with E-state index in [1.165, 1.54) is 12.3 Å². The summed E-state index contributed by atoms with van der Waals surface area (Å²) in [5, 5.41) is 14.7. The molecule has 0 saturated carbocycles. The lowest BCUT2D eigenvalue weighted by molar-refractivity contribution is -0.385. The maximum absolute atomic E-state index is 11.9. The molecule has 0 aliphatic carbocycles. The van der Waals surface area contributed by atoms with Crippen molar-refractivity contribution in [2.75, 3.05) is 6.61 Å². The van der Waals surface area contributed by atoms with E-state index in [1.54, 1.807) is 24.3 Å². The standard InChI is InChI=1S/C21H16BrN3O4/c22-19-11-6-15(12-20(19)25(27)28)13-23-24-21(26)14-29-18-9-7-17(8-10-18)16-4-2-1-3-5-16/h1-13H,14H2,(H,24,26)/b23-13+. The van der Waals surface area contributed by atoms with Gasteiger partial charge in [-0.25, -0.2) is 5.43 Å². The molecule has 0 aromatic heterocycles. The van der Waals surface area contributed by atoms with E-state index >= 15 is 0 Å². The van der Waals surface area contributed by atoms with Crippen LogP contribution in [0.2, 0.25) is 0 Å². The van der Waals surface area contributed by atoms with Gasteiger partial charge in [-0.3, -0.25) is 14.9 Å². The monoisotopic (exact) mass is 453 g/mol. The van der Waals surface area contributed by atoms with Gasteiger partial charge in [0.15, 0.2) is 6.61 Å². The van der Waals surface area contributed by atoms with Crippen LogP contribution in [0.3, 0.4) is 0 Å². The number of halogens is 1. The van der Waals surface area contributed by atoms with Gasteiger partial charge in [0.25, 0.3) is 11.6 Å². The first-order valence-electron chi connectivity index (χ1n) is 8.57. The molecule has 0 aliphatic heterocycles. The van der Waals surface area contributed by atoms with Crippen molar-refractivity contribution >= 4 is 33.7 Å². The molecule has 1 amide bonds. The second-order valence-electron chi connectivity index (χ2n) is 5.94. The lowest BCUT2D eigenvalue weighted by Crippen LogP contribution is -2.24. The van der Waals surface area contributed by atoms with Crippen molar-refractivity contribution in [3.8, 4) is 16.9 Å². The Morgan fingerprint density at radius 3 is 2.45 bits per heavy atom. The molecule has 1 N–H and O–H groups in total. The van der Waals surface area contributed by atoms with E-state index in [0.717, 1.165) is 11.1 Å². The van der Waals surface area contributed by atoms with Gasteiger partial charge in [0.2, 0.25) is 0 Å². The molecule has 0 bridgehead atoms. The summed E-state index contributed by atoms with van der Waals surface area (Å²) in [7, 11) is 0. The molecule has 8 heteroatoms. The highest BCUT2D eigenvalue weighted by molar-refractivity contribution is 9.10. The SMILES string of the molecule is O=C(COc1ccc(-c2ccccc2)cc1)N/N=C/c1ccc(Br)c([N+](=O)[O-])c1. The van der Waals surface area contributed by atoms with Crippen LogP contribution in [0.4, 0.5) is 5.69 Å². The molecule has 0 saturated heterocycles. The van der Waals surface area contributed by atoms with Crippen LogP contribution in [0.1, 0.15) is 5.56 Å². The van der Waals surface area contributed by atoms with Gasteiger partial charge >= 0.3 is 0 Å². The number of amides is 1. The van der Waals surface area contributed by atoms with Crippen molar-refractivity contribution in [3.63, 3.8) is 0 Å². The minimum atomic E-state index is -0.503. The molecular weight excluding hydrogens is 438 g/mol. The maximum atomic E-state index is 11.9. The van der Waals surface area contributed by atoms with Gasteiger partial charge in [-0.15, -0.1) is 0 Å². The molecule has 3 rings (SSSR count). The minimum absolute atomic E-state index is 0.0810. The molecule has 0 radical (unpaired) electrons. The fourth-order valence-corrected chi connectivity index (χ4v) is 2.88. The molecule has 0 unspecified atom stereocenters. The van der Waals surface area contributed by atoms with Gasteiger partial charge in [-0.05, 0) is 45.3 Å². The van der Waals surface area contributed by atoms with Gasteiger partial charge in [0.1, 0.15) is 5.75 Å². The van der Waals surface area contributed by atoms with Crippen LogP contribution in [0.25, 0.3) is 11.1 Å². The Hall–Kier alpha value is -3.52.